The van der Waals surface area contributed by atoms with Crippen molar-refractivity contribution in [3.8, 4) is 0 Å². The topological polar surface area (TPSA) is 82.1 Å². The third-order valence-corrected chi connectivity index (χ3v) is 7.17. The summed E-state index contributed by atoms with van der Waals surface area (Å²) in [7, 11) is 0. The Labute approximate surface area is 209 Å². The summed E-state index contributed by atoms with van der Waals surface area (Å²) in [5.41, 5.74) is 2.75. The number of hydrogen-bond donors (Lipinski definition) is 2. The largest absolute Gasteiger partial charge is 0.477 e. The molecule has 8 heteroatoms. The number of amides is 2. The minimum Gasteiger partial charge on any atom is -0.477 e. The molecule has 0 radical (unpaired) electrons. The molecule has 0 bridgehead atoms. The highest BCUT2D eigenvalue weighted by atomic mass is 32.1. The van der Waals surface area contributed by atoms with Crippen molar-refractivity contribution in [2.45, 2.75) is 12.3 Å². The molecule has 184 valence electrons. The highest BCUT2D eigenvalue weighted by Gasteiger charge is 2.22. The Morgan fingerprint density at radius 3 is 2.20 bits per heavy atom. The molecule has 35 heavy (non-hydrogen) atoms. The molecule has 0 aliphatic carbocycles. The summed E-state index contributed by atoms with van der Waals surface area (Å²) in [4.78, 5) is 29.1. The van der Waals surface area contributed by atoms with Crippen LogP contribution in [0.3, 0.4) is 0 Å². The van der Waals surface area contributed by atoms with Crippen molar-refractivity contribution in [2.24, 2.45) is 0 Å². The Hall–Kier alpha value is -3.20. The van der Waals surface area contributed by atoms with Crippen molar-refractivity contribution in [2.75, 3.05) is 51.3 Å². The number of hydrogen-bond acceptors (Lipinski definition) is 5. The van der Waals surface area contributed by atoms with Gasteiger partial charge >= 0.3 is 12.0 Å². The molecule has 7 nitrogen and oxygen atoms in total. The Balaban J connectivity index is 1.50. The van der Waals surface area contributed by atoms with E-state index in [1.54, 1.807) is 16.3 Å². The van der Waals surface area contributed by atoms with E-state index in [-0.39, 0.29) is 16.8 Å². The first kappa shape index (κ1) is 24.9. The number of nitrogens with one attached hydrogen (secondary N) is 1. The van der Waals surface area contributed by atoms with E-state index in [1.165, 1.54) is 11.1 Å². The number of urea groups is 1. The number of carboxylic acids is 1. The van der Waals surface area contributed by atoms with Gasteiger partial charge in [-0.15, -0.1) is 11.3 Å². The summed E-state index contributed by atoms with van der Waals surface area (Å²) in [6.07, 6.45) is 0.750. The van der Waals surface area contributed by atoms with E-state index < -0.39 is 5.97 Å². The molecule has 3 aromatic rings. The molecule has 4 rings (SSSR count). The average molecular weight is 494 g/mol. The van der Waals surface area contributed by atoms with Crippen LogP contribution in [0.15, 0.2) is 72.1 Å². The molecular weight excluding hydrogens is 462 g/mol. The van der Waals surface area contributed by atoms with Crippen molar-refractivity contribution < 1.29 is 19.4 Å². The first-order valence-corrected chi connectivity index (χ1v) is 12.8. The van der Waals surface area contributed by atoms with Crippen molar-refractivity contribution in [3.63, 3.8) is 0 Å². The number of carbonyl (C=O) groups is 2. The lowest BCUT2D eigenvalue weighted by molar-refractivity contribution is 0.0351. The molecule has 0 atom stereocenters. The molecule has 1 saturated heterocycles. The molecule has 1 aromatic heterocycles. The fraction of sp³-hybridized carbons (Fsp3) is 0.333. The molecule has 1 aliphatic rings. The van der Waals surface area contributed by atoms with Crippen LogP contribution in [0.5, 0.6) is 0 Å². The lowest BCUT2D eigenvalue weighted by Gasteiger charge is -2.31. The van der Waals surface area contributed by atoms with Crippen LogP contribution >= 0.6 is 11.3 Å². The van der Waals surface area contributed by atoms with Crippen LogP contribution in [-0.4, -0.2) is 72.8 Å². The molecule has 2 N–H and O–H groups in total. The van der Waals surface area contributed by atoms with E-state index >= 15 is 0 Å². The van der Waals surface area contributed by atoms with Gasteiger partial charge in [-0.3, -0.25) is 4.90 Å². The predicted molar refractivity (Wildman–Crippen MR) is 138 cm³/mol. The first-order chi connectivity index (χ1) is 17.1. The minimum atomic E-state index is -1.04. The second-order valence-corrected chi connectivity index (χ2v) is 9.42. The second-order valence-electron chi connectivity index (χ2n) is 8.50. The fourth-order valence-electron chi connectivity index (χ4n) is 4.35. The normalized spacial score (nSPS) is 14.1. The third-order valence-electron chi connectivity index (χ3n) is 6.27. The summed E-state index contributed by atoms with van der Waals surface area (Å²) >= 11 is 1.11. The van der Waals surface area contributed by atoms with Gasteiger partial charge in [0.1, 0.15) is 4.88 Å². The molecule has 0 spiro atoms. The molecular formula is C27H31N3O4S. The maximum Gasteiger partial charge on any atom is 0.348 e. The van der Waals surface area contributed by atoms with Gasteiger partial charge in [-0.25, -0.2) is 9.59 Å². The molecule has 2 heterocycles. The van der Waals surface area contributed by atoms with Gasteiger partial charge in [0.2, 0.25) is 0 Å². The SMILES string of the molecule is O=C(O)c1sccc1NC(=O)N(CCC(c1ccccc1)c1ccccc1)CCN1CCOCC1. The Morgan fingerprint density at radius 1 is 0.971 bits per heavy atom. The smallest absolute Gasteiger partial charge is 0.348 e. The van der Waals surface area contributed by atoms with Crippen LogP contribution in [0.4, 0.5) is 10.5 Å². The summed E-state index contributed by atoms with van der Waals surface area (Å²) in [6, 6.07) is 22.0. The Kier molecular flexibility index (Phi) is 8.89. The number of morpholine rings is 1. The van der Waals surface area contributed by atoms with Gasteiger partial charge in [0.25, 0.3) is 0 Å². The van der Waals surface area contributed by atoms with Gasteiger partial charge in [0, 0.05) is 38.6 Å². The van der Waals surface area contributed by atoms with Crippen molar-refractivity contribution >= 4 is 29.0 Å². The van der Waals surface area contributed by atoms with Gasteiger partial charge < -0.3 is 20.1 Å². The number of benzene rings is 2. The Bertz CT molecular complexity index is 1040. The summed E-state index contributed by atoms with van der Waals surface area (Å²) in [5, 5.41) is 13.9. The van der Waals surface area contributed by atoms with Crippen molar-refractivity contribution in [1.29, 1.82) is 0 Å². The summed E-state index contributed by atoms with van der Waals surface area (Å²) in [5.74, 6) is -0.893. The number of carbonyl (C=O) groups excluding carboxylic acids is 1. The summed E-state index contributed by atoms with van der Waals surface area (Å²) in [6.45, 7) is 4.93. The second kappa shape index (κ2) is 12.5. The maximum absolute atomic E-state index is 13.3. The van der Waals surface area contributed by atoms with Crippen LogP contribution < -0.4 is 5.32 Å². The predicted octanol–water partition coefficient (Wildman–Crippen LogP) is 4.83. The number of carboxylic acid groups (broad SMARTS) is 1. The zero-order chi connectivity index (χ0) is 24.5. The van der Waals surface area contributed by atoms with E-state index in [9.17, 15) is 14.7 Å². The van der Waals surface area contributed by atoms with Crippen LogP contribution in [0.25, 0.3) is 0 Å². The van der Waals surface area contributed by atoms with E-state index in [0.29, 0.717) is 32.0 Å². The fourth-order valence-corrected chi connectivity index (χ4v) is 5.04. The first-order valence-electron chi connectivity index (χ1n) is 11.9. The van der Waals surface area contributed by atoms with Gasteiger partial charge in [-0.2, -0.15) is 0 Å². The van der Waals surface area contributed by atoms with Gasteiger partial charge in [-0.1, -0.05) is 60.7 Å². The zero-order valence-electron chi connectivity index (χ0n) is 19.6. The average Bonchev–Trinajstić information content (AvgIpc) is 3.36. The molecule has 0 saturated carbocycles. The lowest BCUT2D eigenvalue weighted by Crippen LogP contribution is -2.44. The highest BCUT2D eigenvalue weighted by Crippen LogP contribution is 2.28. The highest BCUT2D eigenvalue weighted by molar-refractivity contribution is 7.12. The zero-order valence-corrected chi connectivity index (χ0v) is 20.5. The monoisotopic (exact) mass is 493 g/mol. The van der Waals surface area contributed by atoms with E-state index in [0.717, 1.165) is 37.4 Å². The van der Waals surface area contributed by atoms with E-state index in [1.807, 2.05) is 36.4 Å². The van der Waals surface area contributed by atoms with E-state index in [4.69, 9.17) is 4.74 Å². The maximum atomic E-state index is 13.3. The number of rotatable bonds is 10. The molecule has 1 aliphatic heterocycles. The Morgan fingerprint density at radius 2 is 1.60 bits per heavy atom. The third kappa shape index (κ3) is 6.91. The number of ether oxygens (including phenoxy) is 1. The van der Waals surface area contributed by atoms with Crippen molar-refractivity contribution in [3.05, 3.63) is 88.1 Å². The van der Waals surface area contributed by atoms with Crippen LogP contribution in [0, 0.1) is 0 Å². The number of nitrogens with zero attached hydrogens (tertiary/aromatic N) is 2. The van der Waals surface area contributed by atoms with E-state index in [2.05, 4.69) is 34.5 Å². The number of aromatic carboxylic acids is 1. The van der Waals surface area contributed by atoms with Crippen LogP contribution in [-0.2, 0) is 4.74 Å². The van der Waals surface area contributed by atoms with Gasteiger partial charge in [0.15, 0.2) is 0 Å². The lowest BCUT2D eigenvalue weighted by atomic mass is 9.88. The van der Waals surface area contributed by atoms with Crippen molar-refractivity contribution in [1.82, 2.24) is 9.80 Å². The molecule has 2 amide bonds. The molecule has 2 aromatic carbocycles. The van der Waals surface area contributed by atoms with Gasteiger partial charge in [0.05, 0.1) is 18.9 Å². The summed E-state index contributed by atoms with van der Waals surface area (Å²) < 4.78 is 5.45. The quantitative estimate of drug-likeness (QED) is 0.423. The molecule has 0 unspecified atom stereocenters. The standard InChI is InChI=1S/C27H31N3O4S/c31-26(32)25-24(12-20-35-25)28-27(33)30(15-14-29-16-18-34-19-17-29)13-11-23(21-7-3-1-4-8-21)22-9-5-2-6-10-22/h1-10,12,20,23H,11,13-19H2,(H,28,33)(H,31,32). The number of thiophene rings is 1. The molecule has 1 fully saturated rings. The van der Waals surface area contributed by atoms with Gasteiger partial charge in [-0.05, 0) is 29.0 Å². The van der Waals surface area contributed by atoms with Crippen LogP contribution in [0.2, 0.25) is 0 Å². The van der Waals surface area contributed by atoms with Crippen LogP contribution in [0.1, 0.15) is 33.1 Å². The number of anilines is 1. The minimum absolute atomic E-state index is 0.137.